The third-order valence-corrected chi connectivity index (χ3v) is 6.17. The zero-order chi connectivity index (χ0) is 25.8. The van der Waals surface area contributed by atoms with E-state index in [1.54, 1.807) is 4.90 Å². The summed E-state index contributed by atoms with van der Waals surface area (Å²) in [6.07, 6.45) is -1.76. The van der Waals surface area contributed by atoms with E-state index in [1.165, 1.54) is 9.80 Å². The summed E-state index contributed by atoms with van der Waals surface area (Å²) in [5.41, 5.74) is 0. The molecule has 0 bridgehead atoms. The number of carboxylic acids is 2. The second-order valence-corrected chi connectivity index (χ2v) is 8.51. The van der Waals surface area contributed by atoms with E-state index in [2.05, 4.69) is 0 Å². The van der Waals surface area contributed by atoms with E-state index in [0.717, 1.165) is 0 Å². The van der Waals surface area contributed by atoms with Gasteiger partial charge in [-0.05, 0) is 6.54 Å². The molecule has 1 saturated heterocycles. The summed E-state index contributed by atoms with van der Waals surface area (Å²) in [6, 6.07) is -2.87. The summed E-state index contributed by atoms with van der Waals surface area (Å²) in [6.45, 7) is -0.683. The minimum absolute atomic E-state index is 0.0783. The van der Waals surface area contributed by atoms with E-state index >= 15 is 0 Å². The molecule has 0 aromatic carbocycles. The number of rotatable bonds is 11. The Morgan fingerprint density at radius 1 is 0.676 bits per heavy atom. The largest absolute Gasteiger partial charge is 0.480 e. The average Bonchev–Trinajstić information content (AvgIpc) is 2.77. The molecule has 0 spiro atoms. The first kappa shape index (κ1) is 30.6. The first-order valence-electron chi connectivity index (χ1n) is 11.3. The molecule has 0 saturated carbocycles. The molecule has 0 aromatic rings. The highest BCUT2D eigenvalue weighted by atomic mass is 16.5. The van der Waals surface area contributed by atoms with Crippen molar-refractivity contribution in [2.75, 3.05) is 78.8 Å². The number of hydrogen-bond acceptors (Lipinski definition) is 12. The second-order valence-electron chi connectivity index (χ2n) is 8.51. The molecule has 0 radical (unpaired) electrons. The van der Waals surface area contributed by atoms with Gasteiger partial charge in [-0.15, -0.1) is 0 Å². The zero-order valence-electron chi connectivity index (χ0n) is 19.6. The van der Waals surface area contributed by atoms with Crippen molar-refractivity contribution in [1.29, 1.82) is 0 Å². The molecule has 4 unspecified atom stereocenters. The van der Waals surface area contributed by atoms with E-state index in [-0.39, 0.29) is 39.3 Å². The Bertz CT molecular complexity index is 614. The Hall–Kier alpha value is -1.46. The number of nitrogens with zero attached hydrogens (tertiary/aromatic N) is 4. The van der Waals surface area contributed by atoms with Gasteiger partial charge in [0.05, 0.1) is 39.5 Å². The zero-order valence-corrected chi connectivity index (χ0v) is 19.6. The number of aliphatic carboxylic acids is 2. The Morgan fingerprint density at radius 2 is 1.00 bits per heavy atom. The summed E-state index contributed by atoms with van der Waals surface area (Å²) in [5.74, 6) is -2.37. The van der Waals surface area contributed by atoms with Crippen molar-refractivity contribution in [2.45, 2.75) is 37.4 Å². The average molecular weight is 497 g/mol. The van der Waals surface area contributed by atoms with Crippen LogP contribution in [0.3, 0.4) is 0 Å². The third-order valence-electron chi connectivity index (χ3n) is 6.17. The van der Waals surface area contributed by atoms with Gasteiger partial charge in [-0.25, -0.2) is 0 Å². The van der Waals surface area contributed by atoms with Crippen LogP contribution in [0, 0.1) is 0 Å². The lowest BCUT2D eigenvalue weighted by Crippen LogP contribution is -2.61. The molecule has 1 aliphatic heterocycles. The maximum atomic E-state index is 11.6. The molecule has 34 heavy (non-hydrogen) atoms. The molecule has 0 aromatic heterocycles. The van der Waals surface area contributed by atoms with Gasteiger partial charge in [0.25, 0.3) is 0 Å². The summed E-state index contributed by atoms with van der Waals surface area (Å²) in [7, 11) is 0. The second kappa shape index (κ2) is 15.5. The molecule has 1 rings (SSSR count). The maximum Gasteiger partial charge on any atom is 0.317 e. The van der Waals surface area contributed by atoms with Crippen molar-refractivity contribution in [1.82, 2.24) is 19.6 Å². The van der Waals surface area contributed by atoms with Crippen molar-refractivity contribution in [2.24, 2.45) is 0 Å². The molecule has 14 heteroatoms. The van der Waals surface area contributed by atoms with E-state index in [9.17, 15) is 50.4 Å². The van der Waals surface area contributed by atoms with Crippen LogP contribution in [0.5, 0.6) is 0 Å². The van der Waals surface area contributed by atoms with Crippen LogP contribution in [-0.4, -0.2) is 182 Å². The lowest BCUT2D eigenvalue weighted by atomic mass is 10.1. The molecule has 14 nitrogen and oxygen atoms in total. The van der Waals surface area contributed by atoms with Crippen molar-refractivity contribution < 1.29 is 50.4 Å². The quantitative estimate of drug-likeness (QED) is 0.126. The number of β-amino-alcohol motifs (C(OH)–C–C–N with tert-alkyl or cyclic N) is 2. The number of likely N-dealkylation sites (N-methyl/N-ethyl adjacent to an activating group) is 1. The van der Waals surface area contributed by atoms with Crippen LogP contribution < -0.4 is 0 Å². The van der Waals surface area contributed by atoms with Gasteiger partial charge in [-0.3, -0.25) is 29.2 Å². The predicted molar refractivity (Wildman–Crippen MR) is 119 cm³/mol. The lowest BCUT2D eigenvalue weighted by Gasteiger charge is -2.44. The van der Waals surface area contributed by atoms with Gasteiger partial charge in [-0.1, -0.05) is 6.92 Å². The normalized spacial score (nSPS) is 27.4. The highest BCUT2D eigenvalue weighted by Crippen LogP contribution is 2.16. The molecular formula is C20H40N4O10. The van der Waals surface area contributed by atoms with Gasteiger partial charge in [-0.2, -0.15) is 0 Å². The van der Waals surface area contributed by atoms with Crippen molar-refractivity contribution in [3.8, 4) is 0 Å². The smallest absolute Gasteiger partial charge is 0.317 e. The molecule has 1 heterocycles. The van der Waals surface area contributed by atoms with Gasteiger partial charge in [0.15, 0.2) is 6.29 Å². The van der Waals surface area contributed by atoms with E-state index in [0.29, 0.717) is 6.54 Å². The number of carbonyl (C=O) groups is 2. The van der Waals surface area contributed by atoms with E-state index in [4.69, 9.17) is 0 Å². The number of aliphatic hydroxyl groups is 6. The molecule has 8 N–H and O–H groups in total. The van der Waals surface area contributed by atoms with E-state index < -0.39 is 75.3 Å². The fourth-order valence-corrected chi connectivity index (χ4v) is 4.39. The number of hydrogen-bond donors (Lipinski definition) is 8. The van der Waals surface area contributed by atoms with Crippen LogP contribution in [0.15, 0.2) is 0 Å². The van der Waals surface area contributed by atoms with E-state index in [1.807, 2.05) is 11.8 Å². The highest BCUT2D eigenvalue weighted by Gasteiger charge is 2.35. The Balaban J connectivity index is 3.52. The van der Waals surface area contributed by atoms with Gasteiger partial charge in [0.1, 0.15) is 0 Å². The van der Waals surface area contributed by atoms with Crippen LogP contribution in [-0.2, 0) is 9.59 Å². The monoisotopic (exact) mass is 496 g/mol. The Morgan fingerprint density at radius 3 is 1.32 bits per heavy atom. The summed E-state index contributed by atoms with van der Waals surface area (Å²) >= 11 is 0. The topological polar surface area (TPSA) is 209 Å². The van der Waals surface area contributed by atoms with Crippen LogP contribution >= 0.6 is 0 Å². The van der Waals surface area contributed by atoms with Gasteiger partial charge in [0.2, 0.25) is 0 Å². The van der Waals surface area contributed by atoms with Crippen molar-refractivity contribution in [3.63, 3.8) is 0 Å². The summed E-state index contributed by atoms with van der Waals surface area (Å²) in [5, 5.41) is 78.4. The number of carboxylic acid groups (broad SMARTS) is 2. The molecule has 0 amide bonds. The van der Waals surface area contributed by atoms with Gasteiger partial charge >= 0.3 is 11.9 Å². The molecule has 0 aliphatic carbocycles. The van der Waals surface area contributed by atoms with Crippen LogP contribution in [0.4, 0.5) is 0 Å². The fraction of sp³-hybridized carbons (Fsp3) is 0.900. The summed E-state index contributed by atoms with van der Waals surface area (Å²) in [4.78, 5) is 29.3. The maximum absolute atomic E-state index is 11.6. The highest BCUT2D eigenvalue weighted by molar-refractivity contribution is 5.69. The standard InChI is InChI=1S/C20H40N4O10/c1-2-21-3-15(11-26)23(8-19(31)32)5-17(13-28)24(9-20(33)34)6-16(12-27)22(7-18(29)30)4-14(21)10-25/h14-18,25-30H,2-13H2,1H3,(H,31,32)(H,33,34). The molecular weight excluding hydrogens is 456 g/mol. The minimum Gasteiger partial charge on any atom is -0.480 e. The first-order valence-corrected chi connectivity index (χ1v) is 11.3. The fourth-order valence-electron chi connectivity index (χ4n) is 4.39. The SMILES string of the molecule is CCN1CC(CO)N(CC(=O)O)CC(CO)N(CC(=O)O)CC(CO)N(CC(O)O)CC1CO. The van der Waals surface area contributed by atoms with Gasteiger partial charge in [0, 0.05) is 56.9 Å². The minimum atomic E-state index is -1.76. The van der Waals surface area contributed by atoms with Crippen LogP contribution in [0.1, 0.15) is 6.92 Å². The van der Waals surface area contributed by atoms with Gasteiger partial charge < -0.3 is 40.9 Å². The first-order chi connectivity index (χ1) is 16.1. The molecule has 200 valence electrons. The molecule has 4 atom stereocenters. The Labute approximate surface area is 198 Å². The molecule has 1 fully saturated rings. The third kappa shape index (κ3) is 9.65. The number of aliphatic hydroxyl groups excluding tert-OH is 5. The molecule has 1 aliphatic rings. The summed E-state index contributed by atoms with van der Waals surface area (Å²) < 4.78 is 0. The van der Waals surface area contributed by atoms with Crippen molar-refractivity contribution >= 4 is 11.9 Å². The Kier molecular flexibility index (Phi) is 14.0. The van der Waals surface area contributed by atoms with Crippen LogP contribution in [0.25, 0.3) is 0 Å². The predicted octanol–water partition coefficient (Wildman–Crippen LogP) is -4.85. The van der Waals surface area contributed by atoms with Crippen molar-refractivity contribution in [3.05, 3.63) is 0 Å². The lowest BCUT2D eigenvalue weighted by molar-refractivity contribution is -0.143. The van der Waals surface area contributed by atoms with Crippen LogP contribution in [0.2, 0.25) is 0 Å².